The highest BCUT2D eigenvalue weighted by molar-refractivity contribution is 5.62. The Morgan fingerprint density at radius 1 is 0.636 bits per heavy atom. The first-order valence-corrected chi connectivity index (χ1v) is 7.59. The molecule has 3 aromatic rings. The van der Waals surface area contributed by atoms with Gasteiger partial charge in [-0.1, -0.05) is 91.0 Å². The predicted molar refractivity (Wildman–Crippen MR) is 93.4 cm³/mol. The third kappa shape index (κ3) is 3.70. The van der Waals surface area contributed by atoms with Crippen molar-refractivity contribution in [3.05, 3.63) is 108 Å². The maximum atomic E-state index is 4.83. The average Bonchev–Trinajstić information content (AvgIpc) is 2.61. The molecule has 0 aliphatic rings. The number of nitrogens with zero attached hydrogens (tertiary/aromatic N) is 1. The predicted octanol–water partition coefficient (Wildman–Crippen LogP) is 5.09. The van der Waals surface area contributed by atoms with E-state index in [2.05, 4.69) is 72.8 Å². The van der Waals surface area contributed by atoms with Gasteiger partial charge in [-0.05, 0) is 16.7 Å². The molecule has 0 saturated carbocycles. The highest BCUT2D eigenvalue weighted by Crippen LogP contribution is 2.25. The fourth-order valence-electron chi connectivity index (χ4n) is 2.51. The summed E-state index contributed by atoms with van der Waals surface area (Å²) in [4.78, 5) is 4.83. The largest absolute Gasteiger partial charge is 0.284 e. The van der Waals surface area contributed by atoms with Gasteiger partial charge < -0.3 is 0 Å². The van der Waals surface area contributed by atoms with Crippen LogP contribution >= 0.6 is 0 Å². The van der Waals surface area contributed by atoms with Crippen molar-refractivity contribution in [2.45, 2.75) is 12.5 Å². The molecule has 0 aliphatic heterocycles. The molecule has 1 heteroatoms. The summed E-state index contributed by atoms with van der Waals surface area (Å²) in [6, 6.07) is 31.4. The molecule has 0 fully saturated rings. The molecular formula is C21H19N. The van der Waals surface area contributed by atoms with Crippen molar-refractivity contribution in [1.82, 2.24) is 0 Å². The minimum absolute atomic E-state index is 0.0612. The molecule has 0 atom stereocenters. The lowest BCUT2D eigenvalue weighted by molar-refractivity contribution is 0.874. The van der Waals surface area contributed by atoms with Gasteiger partial charge in [-0.15, -0.1) is 0 Å². The lowest BCUT2D eigenvalue weighted by atomic mass is 9.99. The third-order valence-corrected chi connectivity index (χ3v) is 3.65. The van der Waals surface area contributed by atoms with Crippen LogP contribution in [0, 0.1) is 0 Å². The van der Waals surface area contributed by atoms with E-state index >= 15 is 0 Å². The van der Waals surface area contributed by atoms with Gasteiger partial charge in [0.15, 0.2) is 0 Å². The van der Waals surface area contributed by atoms with E-state index in [1.165, 1.54) is 16.7 Å². The second-order valence-corrected chi connectivity index (χ2v) is 5.25. The van der Waals surface area contributed by atoms with Crippen LogP contribution in [0.15, 0.2) is 96.0 Å². The van der Waals surface area contributed by atoms with Crippen LogP contribution in [0.3, 0.4) is 0 Å². The third-order valence-electron chi connectivity index (χ3n) is 3.65. The second kappa shape index (κ2) is 7.37. The molecular weight excluding hydrogens is 266 g/mol. The van der Waals surface area contributed by atoms with Gasteiger partial charge >= 0.3 is 0 Å². The molecule has 0 N–H and O–H groups in total. The zero-order valence-corrected chi connectivity index (χ0v) is 12.5. The summed E-state index contributed by atoms with van der Waals surface area (Å²) in [5.74, 6) is 0. The summed E-state index contributed by atoms with van der Waals surface area (Å²) in [7, 11) is 0. The van der Waals surface area contributed by atoms with Crippen LogP contribution in [0.25, 0.3) is 0 Å². The molecule has 0 spiro atoms. The topological polar surface area (TPSA) is 12.4 Å². The maximum absolute atomic E-state index is 4.83. The van der Waals surface area contributed by atoms with E-state index in [9.17, 15) is 0 Å². The monoisotopic (exact) mass is 285 g/mol. The van der Waals surface area contributed by atoms with Gasteiger partial charge in [-0.25, -0.2) is 0 Å². The van der Waals surface area contributed by atoms with Crippen LogP contribution in [0.4, 0.5) is 0 Å². The molecule has 0 unspecified atom stereocenters. The van der Waals surface area contributed by atoms with Gasteiger partial charge in [0, 0.05) is 12.6 Å². The van der Waals surface area contributed by atoms with E-state index in [0.29, 0.717) is 0 Å². The summed E-state index contributed by atoms with van der Waals surface area (Å²) >= 11 is 0. The lowest BCUT2D eigenvalue weighted by Crippen LogP contribution is -1.99. The molecule has 3 aromatic carbocycles. The quantitative estimate of drug-likeness (QED) is 0.579. The zero-order valence-electron chi connectivity index (χ0n) is 12.5. The molecule has 3 rings (SSSR count). The van der Waals surface area contributed by atoms with Crippen molar-refractivity contribution < 1.29 is 0 Å². The minimum Gasteiger partial charge on any atom is -0.284 e. The molecule has 1 nitrogen and oxygen atoms in total. The summed E-state index contributed by atoms with van der Waals surface area (Å²) in [5.41, 5.74) is 3.72. The molecule has 0 heterocycles. The minimum atomic E-state index is 0.0612. The fourth-order valence-corrected chi connectivity index (χ4v) is 2.51. The number of rotatable bonds is 5. The SMILES string of the molecule is C(Cc1ccccc1)=NC(c1ccccc1)c1ccccc1. The lowest BCUT2D eigenvalue weighted by Gasteiger charge is -2.13. The molecule has 22 heavy (non-hydrogen) atoms. The zero-order chi connectivity index (χ0) is 15.0. The van der Waals surface area contributed by atoms with Crippen LogP contribution in [0.1, 0.15) is 22.7 Å². The van der Waals surface area contributed by atoms with Gasteiger partial charge in [0.2, 0.25) is 0 Å². The molecule has 0 saturated heterocycles. The summed E-state index contributed by atoms with van der Waals surface area (Å²) in [6.07, 6.45) is 2.89. The van der Waals surface area contributed by atoms with Crippen LogP contribution in [-0.2, 0) is 6.42 Å². The molecule has 0 aliphatic carbocycles. The molecule has 0 amide bonds. The summed E-state index contributed by atoms with van der Waals surface area (Å²) in [5, 5.41) is 0. The van der Waals surface area contributed by atoms with Crippen molar-refractivity contribution in [2.75, 3.05) is 0 Å². The first-order valence-electron chi connectivity index (χ1n) is 7.59. The highest BCUT2D eigenvalue weighted by atomic mass is 14.8. The number of hydrogen-bond acceptors (Lipinski definition) is 1. The van der Waals surface area contributed by atoms with E-state index in [0.717, 1.165) is 6.42 Å². The van der Waals surface area contributed by atoms with Crippen LogP contribution in [-0.4, -0.2) is 6.21 Å². The fraction of sp³-hybridized carbons (Fsp3) is 0.0952. The number of hydrogen-bond donors (Lipinski definition) is 0. The number of aliphatic imine (C=N–C) groups is 1. The van der Waals surface area contributed by atoms with Gasteiger partial charge in [0.05, 0.1) is 6.04 Å². The van der Waals surface area contributed by atoms with E-state index in [1.807, 2.05) is 24.4 Å². The summed E-state index contributed by atoms with van der Waals surface area (Å²) in [6.45, 7) is 0. The molecule has 0 aromatic heterocycles. The first kappa shape index (κ1) is 14.3. The van der Waals surface area contributed by atoms with Crippen molar-refractivity contribution in [1.29, 1.82) is 0 Å². The van der Waals surface area contributed by atoms with Gasteiger partial charge in [0.1, 0.15) is 0 Å². The van der Waals surface area contributed by atoms with Crippen molar-refractivity contribution >= 4 is 6.21 Å². The van der Waals surface area contributed by atoms with Gasteiger partial charge in [-0.3, -0.25) is 4.99 Å². The van der Waals surface area contributed by atoms with Crippen LogP contribution in [0.5, 0.6) is 0 Å². The highest BCUT2D eigenvalue weighted by Gasteiger charge is 2.10. The van der Waals surface area contributed by atoms with Gasteiger partial charge in [0.25, 0.3) is 0 Å². The molecule has 0 bridgehead atoms. The summed E-state index contributed by atoms with van der Waals surface area (Å²) < 4.78 is 0. The second-order valence-electron chi connectivity index (χ2n) is 5.25. The Bertz CT molecular complexity index is 663. The van der Waals surface area contributed by atoms with Crippen molar-refractivity contribution in [3.8, 4) is 0 Å². The normalized spacial score (nSPS) is 11.1. The van der Waals surface area contributed by atoms with Crippen LogP contribution < -0.4 is 0 Å². The van der Waals surface area contributed by atoms with E-state index in [4.69, 9.17) is 4.99 Å². The van der Waals surface area contributed by atoms with Gasteiger partial charge in [-0.2, -0.15) is 0 Å². The van der Waals surface area contributed by atoms with Crippen molar-refractivity contribution in [2.24, 2.45) is 4.99 Å². The Labute approximate surface area is 132 Å². The smallest absolute Gasteiger partial charge is 0.0995 e. The molecule has 108 valence electrons. The average molecular weight is 285 g/mol. The van der Waals surface area contributed by atoms with Crippen LogP contribution in [0.2, 0.25) is 0 Å². The Hall–Kier alpha value is -2.67. The Balaban J connectivity index is 1.83. The van der Waals surface area contributed by atoms with Crippen molar-refractivity contribution in [3.63, 3.8) is 0 Å². The Morgan fingerprint density at radius 3 is 1.59 bits per heavy atom. The standard InChI is InChI=1S/C21H19N/c1-4-10-18(11-5-1)16-17-22-21(19-12-6-2-7-13-19)20-14-8-3-9-15-20/h1-15,17,21H,16H2. The maximum Gasteiger partial charge on any atom is 0.0995 e. The molecule has 0 radical (unpaired) electrons. The first-order chi connectivity index (χ1) is 10.9. The van der Waals surface area contributed by atoms with E-state index in [1.54, 1.807) is 0 Å². The Kier molecular flexibility index (Phi) is 4.78. The van der Waals surface area contributed by atoms with E-state index in [-0.39, 0.29) is 6.04 Å². The Morgan fingerprint density at radius 2 is 1.09 bits per heavy atom. The number of benzene rings is 3. The van der Waals surface area contributed by atoms with E-state index < -0.39 is 0 Å².